The average molecular weight is 301 g/mol. The van der Waals surface area contributed by atoms with Crippen molar-refractivity contribution in [3.63, 3.8) is 0 Å². The van der Waals surface area contributed by atoms with E-state index in [1.807, 2.05) is 13.8 Å². The van der Waals surface area contributed by atoms with Gasteiger partial charge in [-0.05, 0) is 45.0 Å². The molecule has 1 rings (SSSR count). The zero-order valence-corrected chi connectivity index (χ0v) is 12.8. The summed E-state index contributed by atoms with van der Waals surface area (Å²) in [5.74, 6) is -0.827. The molecule has 6 nitrogen and oxygen atoms in total. The minimum absolute atomic E-state index is 0.0657. The van der Waals surface area contributed by atoms with E-state index in [9.17, 15) is 9.59 Å². The first-order valence-electron chi connectivity index (χ1n) is 6.92. The molecule has 2 N–H and O–H groups in total. The van der Waals surface area contributed by atoms with Crippen molar-refractivity contribution in [3.8, 4) is 6.07 Å². The number of carbonyl (C=O) groups excluding carboxylic acids is 2. The molecule has 0 bridgehead atoms. The lowest BCUT2D eigenvalue weighted by Gasteiger charge is -2.09. The van der Waals surface area contributed by atoms with Gasteiger partial charge in [-0.1, -0.05) is 0 Å². The van der Waals surface area contributed by atoms with E-state index >= 15 is 0 Å². The van der Waals surface area contributed by atoms with Crippen molar-refractivity contribution in [2.75, 3.05) is 11.9 Å². The van der Waals surface area contributed by atoms with Crippen LogP contribution in [0.5, 0.6) is 0 Å². The molecule has 116 valence electrons. The van der Waals surface area contributed by atoms with Gasteiger partial charge in [-0.15, -0.1) is 0 Å². The van der Waals surface area contributed by atoms with Crippen molar-refractivity contribution in [3.05, 3.63) is 41.6 Å². The highest BCUT2D eigenvalue weighted by molar-refractivity contribution is 5.95. The van der Waals surface area contributed by atoms with Crippen molar-refractivity contribution in [1.82, 2.24) is 5.32 Å². The van der Waals surface area contributed by atoms with Crippen LogP contribution in [-0.2, 0) is 9.53 Å². The van der Waals surface area contributed by atoms with E-state index in [2.05, 4.69) is 10.6 Å². The second-order valence-electron chi connectivity index (χ2n) is 4.74. The Bertz CT molecular complexity index is 598. The second kappa shape index (κ2) is 8.47. The van der Waals surface area contributed by atoms with Gasteiger partial charge in [0, 0.05) is 23.5 Å². The maximum absolute atomic E-state index is 11.8. The molecule has 1 amide bonds. The molecule has 0 aromatic heterocycles. The van der Waals surface area contributed by atoms with Gasteiger partial charge in [0.2, 0.25) is 0 Å². The minimum atomic E-state index is -0.676. The van der Waals surface area contributed by atoms with Gasteiger partial charge in [0.05, 0.1) is 6.61 Å². The van der Waals surface area contributed by atoms with Crippen LogP contribution in [0, 0.1) is 11.3 Å². The van der Waals surface area contributed by atoms with E-state index in [1.54, 1.807) is 37.3 Å². The number of nitrogens with zero attached hydrogens (tertiary/aromatic N) is 1. The molecule has 0 aliphatic rings. The number of carbonyl (C=O) groups is 2. The summed E-state index contributed by atoms with van der Waals surface area (Å²) < 4.78 is 4.75. The molecule has 0 unspecified atom stereocenters. The van der Waals surface area contributed by atoms with Crippen LogP contribution in [0.4, 0.5) is 5.69 Å². The Labute approximate surface area is 129 Å². The van der Waals surface area contributed by atoms with Gasteiger partial charge in [0.1, 0.15) is 6.07 Å². The highest BCUT2D eigenvalue weighted by Crippen LogP contribution is 2.10. The smallest absolute Gasteiger partial charge is 0.350 e. The van der Waals surface area contributed by atoms with E-state index in [4.69, 9.17) is 10.00 Å². The number of amides is 1. The lowest BCUT2D eigenvalue weighted by Crippen LogP contribution is -2.29. The number of esters is 1. The van der Waals surface area contributed by atoms with E-state index in [0.29, 0.717) is 11.3 Å². The Morgan fingerprint density at radius 3 is 2.45 bits per heavy atom. The van der Waals surface area contributed by atoms with Crippen LogP contribution in [0.15, 0.2) is 36.0 Å². The quantitative estimate of drug-likeness (QED) is 0.477. The van der Waals surface area contributed by atoms with Gasteiger partial charge in [-0.3, -0.25) is 4.79 Å². The summed E-state index contributed by atoms with van der Waals surface area (Å²) >= 11 is 0. The molecule has 1 aromatic carbocycles. The summed E-state index contributed by atoms with van der Waals surface area (Å²) in [6.45, 7) is 5.65. The highest BCUT2D eigenvalue weighted by Gasteiger charge is 2.09. The lowest BCUT2D eigenvalue weighted by atomic mass is 10.2. The zero-order chi connectivity index (χ0) is 16.5. The van der Waals surface area contributed by atoms with Crippen LogP contribution in [0.1, 0.15) is 31.1 Å². The number of anilines is 1. The van der Waals surface area contributed by atoms with Crippen molar-refractivity contribution < 1.29 is 14.3 Å². The molecule has 6 heteroatoms. The van der Waals surface area contributed by atoms with Gasteiger partial charge in [-0.2, -0.15) is 5.26 Å². The number of nitriles is 1. The minimum Gasteiger partial charge on any atom is -0.462 e. The van der Waals surface area contributed by atoms with Crippen LogP contribution in [0.25, 0.3) is 0 Å². The van der Waals surface area contributed by atoms with E-state index < -0.39 is 5.97 Å². The first-order chi connectivity index (χ1) is 10.5. The molecular weight excluding hydrogens is 282 g/mol. The van der Waals surface area contributed by atoms with Gasteiger partial charge in [-0.25, -0.2) is 4.79 Å². The van der Waals surface area contributed by atoms with Crippen molar-refractivity contribution in [1.29, 1.82) is 5.26 Å². The zero-order valence-electron chi connectivity index (χ0n) is 12.8. The average Bonchev–Trinajstić information content (AvgIpc) is 2.48. The molecule has 0 aliphatic heterocycles. The summed E-state index contributed by atoms with van der Waals surface area (Å²) in [6, 6.07) is 8.52. The highest BCUT2D eigenvalue weighted by atomic mass is 16.5. The number of rotatable bonds is 6. The number of hydrogen-bond acceptors (Lipinski definition) is 5. The molecule has 1 aromatic rings. The first kappa shape index (κ1) is 17.2. The van der Waals surface area contributed by atoms with Crippen LogP contribution in [0.3, 0.4) is 0 Å². The molecule has 22 heavy (non-hydrogen) atoms. The third kappa shape index (κ3) is 5.29. The van der Waals surface area contributed by atoms with Crippen LogP contribution in [-0.4, -0.2) is 24.5 Å². The number of nitrogens with one attached hydrogen (secondary N) is 2. The maximum atomic E-state index is 11.8. The van der Waals surface area contributed by atoms with Gasteiger partial charge in [0.15, 0.2) is 5.57 Å². The summed E-state index contributed by atoms with van der Waals surface area (Å²) in [7, 11) is 0. The fourth-order valence-corrected chi connectivity index (χ4v) is 1.56. The van der Waals surface area contributed by atoms with E-state index in [1.165, 1.54) is 6.20 Å². The fraction of sp³-hybridized carbons (Fsp3) is 0.312. The molecule has 0 atom stereocenters. The lowest BCUT2D eigenvalue weighted by molar-refractivity contribution is -0.138. The summed E-state index contributed by atoms with van der Waals surface area (Å²) in [4.78, 5) is 23.2. The first-order valence-corrected chi connectivity index (χ1v) is 6.92. The van der Waals surface area contributed by atoms with Gasteiger partial charge in [0.25, 0.3) is 5.91 Å². The van der Waals surface area contributed by atoms with Crippen LogP contribution >= 0.6 is 0 Å². The van der Waals surface area contributed by atoms with Crippen LogP contribution < -0.4 is 10.6 Å². The van der Waals surface area contributed by atoms with Crippen molar-refractivity contribution >= 4 is 17.6 Å². The summed E-state index contributed by atoms with van der Waals surface area (Å²) in [5, 5.41) is 14.5. The third-order valence-electron chi connectivity index (χ3n) is 2.57. The normalized spacial score (nSPS) is 10.8. The number of benzene rings is 1. The molecule has 0 saturated heterocycles. The fourth-order valence-electron chi connectivity index (χ4n) is 1.56. The predicted molar refractivity (Wildman–Crippen MR) is 83.0 cm³/mol. The largest absolute Gasteiger partial charge is 0.462 e. The molecule has 0 radical (unpaired) electrons. The summed E-state index contributed by atoms with van der Waals surface area (Å²) in [5.41, 5.74) is 1.07. The van der Waals surface area contributed by atoms with E-state index in [-0.39, 0.29) is 24.1 Å². The monoisotopic (exact) mass is 301 g/mol. The SMILES string of the molecule is CCOC(=O)/C(C#N)=C\Nc1ccc(C(=O)NC(C)C)cc1. The molecule has 0 aliphatic carbocycles. The molecule has 0 saturated carbocycles. The topological polar surface area (TPSA) is 91.2 Å². The Morgan fingerprint density at radius 1 is 1.32 bits per heavy atom. The molecule has 0 heterocycles. The molecule has 0 fully saturated rings. The van der Waals surface area contributed by atoms with Crippen LogP contribution in [0.2, 0.25) is 0 Å². The van der Waals surface area contributed by atoms with E-state index in [0.717, 1.165) is 0 Å². The van der Waals surface area contributed by atoms with Gasteiger partial charge >= 0.3 is 5.97 Å². The molecular formula is C16H19N3O3. The number of hydrogen-bond donors (Lipinski definition) is 2. The van der Waals surface area contributed by atoms with Crippen molar-refractivity contribution in [2.45, 2.75) is 26.8 Å². The maximum Gasteiger partial charge on any atom is 0.350 e. The third-order valence-corrected chi connectivity index (χ3v) is 2.57. The Balaban J connectivity index is 2.74. The predicted octanol–water partition coefficient (Wildman–Crippen LogP) is 2.21. The summed E-state index contributed by atoms with van der Waals surface area (Å²) in [6.07, 6.45) is 1.28. The van der Waals surface area contributed by atoms with Gasteiger partial charge < -0.3 is 15.4 Å². The number of ether oxygens (including phenoxy) is 1. The Hall–Kier alpha value is -2.81. The molecule has 0 spiro atoms. The standard InChI is InChI=1S/C16H19N3O3/c1-4-22-16(21)13(9-17)10-18-14-7-5-12(6-8-14)15(20)19-11(2)3/h5-8,10-11,18H,4H2,1-3H3,(H,19,20)/b13-10-. The van der Waals surface area contributed by atoms with Crippen molar-refractivity contribution in [2.24, 2.45) is 0 Å². The Kier molecular flexibility index (Phi) is 6.64. The Morgan fingerprint density at radius 2 is 1.95 bits per heavy atom. The second-order valence-corrected chi connectivity index (χ2v) is 4.74.